The van der Waals surface area contributed by atoms with Crippen molar-refractivity contribution in [1.29, 1.82) is 0 Å². The largest absolute Gasteiger partial charge is 0.306 e. The van der Waals surface area contributed by atoms with Crippen LogP contribution >= 0.6 is 11.3 Å². The first-order valence-corrected chi connectivity index (χ1v) is 7.89. The standard InChI is InChI=1S/C17H14FN3OS/c1-2-3-4-5-14(22)19-16-15(12-6-8-13(18)9-7-12)20-17-21(16)10-11-23-17/h2-11H,1H3,(H,19,22)/b3-2+,5-4+. The van der Waals surface area contributed by atoms with E-state index in [2.05, 4.69) is 10.3 Å². The summed E-state index contributed by atoms with van der Waals surface area (Å²) in [5, 5.41) is 4.74. The molecular formula is C17H14FN3OS. The van der Waals surface area contributed by atoms with Gasteiger partial charge < -0.3 is 5.32 Å². The maximum atomic E-state index is 13.1. The molecule has 2 aromatic heterocycles. The van der Waals surface area contributed by atoms with Crippen molar-refractivity contribution in [2.45, 2.75) is 6.92 Å². The lowest BCUT2D eigenvalue weighted by Gasteiger charge is -2.05. The van der Waals surface area contributed by atoms with E-state index in [0.29, 0.717) is 11.5 Å². The molecule has 116 valence electrons. The van der Waals surface area contributed by atoms with Gasteiger partial charge in [-0.3, -0.25) is 9.20 Å². The topological polar surface area (TPSA) is 46.4 Å². The molecule has 6 heteroatoms. The summed E-state index contributed by atoms with van der Waals surface area (Å²) in [4.78, 5) is 17.3. The molecule has 0 bridgehead atoms. The van der Waals surface area contributed by atoms with Gasteiger partial charge in [0.2, 0.25) is 5.91 Å². The van der Waals surface area contributed by atoms with E-state index in [-0.39, 0.29) is 11.7 Å². The third-order valence-corrected chi connectivity index (χ3v) is 3.93. The van der Waals surface area contributed by atoms with E-state index in [1.807, 2.05) is 29.0 Å². The Morgan fingerprint density at radius 3 is 2.83 bits per heavy atom. The molecule has 3 aromatic rings. The summed E-state index contributed by atoms with van der Waals surface area (Å²) in [7, 11) is 0. The molecule has 0 saturated heterocycles. The molecule has 0 aliphatic rings. The lowest BCUT2D eigenvalue weighted by atomic mass is 10.1. The summed E-state index contributed by atoms with van der Waals surface area (Å²) in [6, 6.07) is 6.04. The summed E-state index contributed by atoms with van der Waals surface area (Å²) in [5.41, 5.74) is 1.36. The summed E-state index contributed by atoms with van der Waals surface area (Å²) >= 11 is 1.47. The lowest BCUT2D eigenvalue weighted by molar-refractivity contribution is -0.111. The van der Waals surface area contributed by atoms with Gasteiger partial charge in [-0.25, -0.2) is 9.37 Å². The Morgan fingerprint density at radius 2 is 2.09 bits per heavy atom. The average Bonchev–Trinajstić information content (AvgIpc) is 3.11. The molecule has 0 spiro atoms. The van der Waals surface area contributed by atoms with Crippen molar-refractivity contribution in [3.05, 3.63) is 66.0 Å². The van der Waals surface area contributed by atoms with Crippen molar-refractivity contribution in [1.82, 2.24) is 9.38 Å². The first-order chi connectivity index (χ1) is 11.2. The second-order valence-electron chi connectivity index (χ2n) is 4.75. The smallest absolute Gasteiger partial charge is 0.249 e. The number of carbonyl (C=O) groups is 1. The number of anilines is 1. The van der Waals surface area contributed by atoms with Gasteiger partial charge in [-0.15, -0.1) is 11.3 Å². The Morgan fingerprint density at radius 1 is 1.30 bits per heavy atom. The van der Waals surface area contributed by atoms with E-state index in [9.17, 15) is 9.18 Å². The van der Waals surface area contributed by atoms with Gasteiger partial charge >= 0.3 is 0 Å². The van der Waals surface area contributed by atoms with Crippen molar-refractivity contribution in [2.75, 3.05) is 5.32 Å². The van der Waals surface area contributed by atoms with Crippen LogP contribution in [-0.2, 0) is 4.79 Å². The van der Waals surface area contributed by atoms with Crippen LogP contribution in [0.3, 0.4) is 0 Å². The maximum Gasteiger partial charge on any atom is 0.249 e. The zero-order valence-electron chi connectivity index (χ0n) is 12.4. The summed E-state index contributed by atoms with van der Waals surface area (Å²) in [5.74, 6) is 0.0112. The maximum absolute atomic E-state index is 13.1. The van der Waals surface area contributed by atoms with Gasteiger partial charge in [-0.2, -0.15) is 0 Å². The number of allylic oxidation sites excluding steroid dienone is 3. The van der Waals surface area contributed by atoms with E-state index in [4.69, 9.17) is 0 Å². The Kier molecular flexibility index (Phi) is 4.34. The highest BCUT2D eigenvalue weighted by Crippen LogP contribution is 2.30. The number of benzene rings is 1. The fraction of sp³-hybridized carbons (Fsp3) is 0.0588. The molecule has 0 fully saturated rings. The van der Waals surface area contributed by atoms with Gasteiger partial charge in [0.15, 0.2) is 4.96 Å². The van der Waals surface area contributed by atoms with Crippen LogP contribution in [0.1, 0.15) is 6.92 Å². The monoisotopic (exact) mass is 327 g/mol. The first-order valence-electron chi connectivity index (χ1n) is 7.01. The quantitative estimate of drug-likeness (QED) is 0.574. The molecule has 23 heavy (non-hydrogen) atoms. The van der Waals surface area contributed by atoms with E-state index in [1.165, 1.54) is 29.5 Å². The Bertz CT molecular complexity index is 890. The summed E-state index contributed by atoms with van der Waals surface area (Å²) in [6.07, 6.45) is 8.56. The van der Waals surface area contributed by atoms with Crippen LogP contribution in [0.25, 0.3) is 16.2 Å². The van der Waals surface area contributed by atoms with E-state index >= 15 is 0 Å². The molecule has 0 aliphatic heterocycles. The van der Waals surface area contributed by atoms with Crippen molar-refractivity contribution >= 4 is 28.0 Å². The van der Waals surface area contributed by atoms with Gasteiger partial charge in [0.1, 0.15) is 17.3 Å². The number of hydrogen-bond donors (Lipinski definition) is 1. The Hall–Kier alpha value is -2.73. The number of halogens is 1. The fourth-order valence-electron chi connectivity index (χ4n) is 2.13. The van der Waals surface area contributed by atoms with Crippen LogP contribution < -0.4 is 5.32 Å². The van der Waals surface area contributed by atoms with Crippen LogP contribution in [0.2, 0.25) is 0 Å². The van der Waals surface area contributed by atoms with E-state index in [1.54, 1.807) is 24.3 Å². The number of aromatic nitrogens is 2. The van der Waals surface area contributed by atoms with Crippen LogP contribution in [-0.4, -0.2) is 15.3 Å². The van der Waals surface area contributed by atoms with Crippen molar-refractivity contribution in [3.8, 4) is 11.3 Å². The highest BCUT2D eigenvalue weighted by molar-refractivity contribution is 7.15. The van der Waals surface area contributed by atoms with Gasteiger partial charge in [0, 0.05) is 23.2 Å². The molecule has 1 aromatic carbocycles. The SMILES string of the molecule is C/C=C/C=C/C(=O)Nc1c(-c2ccc(F)cc2)nc2sccn12. The molecule has 1 amide bonds. The number of amides is 1. The molecule has 0 unspecified atom stereocenters. The molecule has 0 radical (unpaired) electrons. The van der Waals surface area contributed by atoms with Gasteiger partial charge in [0.25, 0.3) is 0 Å². The van der Waals surface area contributed by atoms with Crippen LogP contribution in [0.5, 0.6) is 0 Å². The number of rotatable bonds is 4. The predicted octanol–water partition coefficient (Wildman–Crippen LogP) is 4.27. The third kappa shape index (κ3) is 3.22. The molecule has 1 N–H and O–H groups in total. The van der Waals surface area contributed by atoms with Gasteiger partial charge in [0.05, 0.1) is 0 Å². The molecule has 0 saturated carbocycles. The molecule has 3 rings (SSSR count). The number of nitrogens with zero attached hydrogens (tertiary/aromatic N) is 2. The second-order valence-corrected chi connectivity index (χ2v) is 5.62. The highest BCUT2D eigenvalue weighted by atomic mass is 32.1. The van der Waals surface area contributed by atoms with Gasteiger partial charge in [-0.1, -0.05) is 18.2 Å². The lowest BCUT2D eigenvalue weighted by Crippen LogP contribution is -2.10. The minimum absolute atomic E-state index is 0.250. The number of thiazole rings is 1. The van der Waals surface area contributed by atoms with Crippen LogP contribution in [0.15, 0.2) is 60.1 Å². The highest BCUT2D eigenvalue weighted by Gasteiger charge is 2.16. The number of hydrogen-bond acceptors (Lipinski definition) is 3. The molecule has 0 aliphatic carbocycles. The number of fused-ring (bicyclic) bond motifs is 1. The Balaban J connectivity index is 2.00. The number of carbonyl (C=O) groups excluding carboxylic acids is 1. The fourth-order valence-corrected chi connectivity index (χ4v) is 2.84. The van der Waals surface area contributed by atoms with Crippen LogP contribution in [0, 0.1) is 5.82 Å². The average molecular weight is 327 g/mol. The molecule has 2 heterocycles. The second kappa shape index (κ2) is 6.58. The number of imidazole rings is 1. The van der Waals surface area contributed by atoms with Crippen molar-refractivity contribution in [2.24, 2.45) is 0 Å². The first kappa shape index (κ1) is 15.2. The van der Waals surface area contributed by atoms with E-state index in [0.717, 1.165) is 10.5 Å². The minimum atomic E-state index is -0.311. The Labute approximate surface area is 136 Å². The third-order valence-electron chi connectivity index (χ3n) is 3.17. The van der Waals surface area contributed by atoms with E-state index < -0.39 is 0 Å². The number of nitrogens with one attached hydrogen (secondary N) is 1. The predicted molar refractivity (Wildman–Crippen MR) is 91.0 cm³/mol. The van der Waals surface area contributed by atoms with Crippen LogP contribution in [0.4, 0.5) is 10.2 Å². The minimum Gasteiger partial charge on any atom is -0.306 e. The zero-order valence-corrected chi connectivity index (χ0v) is 13.2. The summed E-state index contributed by atoms with van der Waals surface area (Å²) in [6.45, 7) is 1.88. The molecule has 4 nitrogen and oxygen atoms in total. The van der Waals surface area contributed by atoms with Crippen molar-refractivity contribution < 1.29 is 9.18 Å². The van der Waals surface area contributed by atoms with Crippen molar-refractivity contribution in [3.63, 3.8) is 0 Å². The normalized spacial score (nSPS) is 11.7. The summed E-state index contributed by atoms with van der Waals surface area (Å²) < 4.78 is 14.9. The van der Waals surface area contributed by atoms with Gasteiger partial charge in [-0.05, 0) is 31.2 Å². The zero-order chi connectivity index (χ0) is 16.2. The molecule has 0 atom stereocenters. The molecular weight excluding hydrogens is 313 g/mol.